The van der Waals surface area contributed by atoms with E-state index >= 15 is 0 Å². The van der Waals surface area contributed by atoms with Gasteiger partial charge < -0.3 is 10.6 Å². The first-order valence-corrected chi connectivity index (χ1v) is 5.67. The molecular weight excluding hydrogens is 224 g/mol. The highest BCUT2D eigenvalue weighted by molar-refractivity contribution is 7.80. The molecule has 0 aromatic carbocycles. The summed E-state index contributed by atoms with van der Waals surface area (Å²) in [6.07, 6.45) is 2.66. The van der Waals surface area contributed by atoms with E-state index in [4.69, 9.17) is 12.2 Å². The van der Waals surface area contributed by atoms with Crippen LogP contribution in [0.15, 0.2) is 12.7 Å². The van der Waals surface area contributed by atoms with Crippen LogP contribution in [0.2, 0.25) is 0 Å². The average Bonchev–Trinajstić information content (AvgIpc) is 2.22. The van der Waals surface area contributed by atoms with Crippen LogP contribution in [0, 0.1) is 11.3 Å². The molecule has 88 valence electrons. The van der Waals surface area contributed by atoms with Crippen LogP contribution in [0.4, 0.5) is 0 Å². The number of carbonyl (C=O) groups excluding carboxylic acids is 2. The summed E-state index contributed by atoms with van der Waals surface area (Å²) in [6.45, 7) is 7.44. The van der Waals surface area contributed by atoms with Crippen LogP contribution in [0.5, 0.6) is 0 Å². The maximum absolute atomic E-state index is 12.0. The van der Waals surface area contributed by atoms with Gasteiger partial charge in [-0.25, -0.2) is 0 Å². The minimum absolute atomic E-state index is 0.0615. The van der Waals surface area contributed by atoms with E-state index in [9.17, 15) is 9.59 Å². The molecule has 2 amide bonds. The lowest BCUT2D eigenvalue weighted by Crippen LogP contribution is -2.64. The topological polar surface area (TPSA) is 58.2 Å². The number of allylic oxidation sites excluding steroid dienone is 1. The van der Waals surface area contributed by atoms with Crippen LogP contribution in [-0.2, 0) is 9.59 Å². The van der Waals surface area contributed by atoms with Gasteiger partial charge in [0, 0.05) is 0 Å². The Kier molecular flexibility index (Phi) is 3.80. The van der Waals surface area contributed by atoms with Gasteiger partial charge in [-0.1, -0.05) is 26.3 Å². The quantitative estimate of drug-likeness (QED) is 0.440. The van der Waals surface area contributed by atoms with Crippen LogP contribution >= 0.6 is 12.2 Å². The minimum Gasteiger partial charge on any atom is -0.302 e. The predicted octanol–water partition coefficient (Wildman–Crippen LogP) is 1.13. The fraction of sp³-hybridized carbons (Fsp3) is 0.545. The van der Waals surface area contributed by atoms with Crippen molar-refractivity contribution in [3.8, 4) is 0 Å². The SMILES string of the molecule is C=CCC1(C(C)CC)C(=O)NC(=S)NC1=O. The molecule has 1 aliphatic rings. The van der Waals surface area contributed by atoms with Gasteiger partial charge in [-0.15, -0.1) is 6.58 Å². The second-order valence-corrected chi connectivity index (χ2v) is 4.42. The highest BCUT2D eigenvalue weighted by Crippen LogP contribution is 2.36. The number of thiocarbonyl (C=S) groups is 1. The maximum atomic E-state index is 12.0. The number of hydrogen-bond donors (Lipinski definition) is 2. The first-order chi connectivity index (χ1) is 7.48. The molecule has 0 aliphatic carbocycles. The second kappa shape index (κ2) is 4.74. The van der Waals surface area contributed by atoms with Crippen LogP contribution in [-0.4, -0.2) is 16.9 Å². The standard InChI is InChI=1S/C11H16N2O2S/c1-4-6-11(7(3)5-2)8(14)12-10(16)13-9(11)15/h4,7H,1,5-6H2,2-3H3,(H2,12,13,14,15,16). The highest BCUT2D eigenvalue weighted by atomic mass is 32.1. The molecule has 2 N–H and O–H groups in total. The third-order valence-electron chi connectivity index (χ3n) is 3.18. The molecule has 4 nitrogen and oxygen atoms in total. The second-order valence-electron chi connectivity index (χ2n) is 4.01. The van der Waals surface area contributed by atoms with E-state index in [0.29, 0.717) is 6.42 Å². The molecule has 0 saturated carbocycles. The smallest absolute Gasteiger partial charge is 0.242 e. The van der Waals surface area contributed by atoms with Crippen molar-refractivity contribution in [3.05, 3.63) is 12.7 Å². The molecule has 0 aromatic rings. The molecule has 0 radical (unpaired) electrons. The Balaban J connectivity index is 3.16. The Morgan fingerprint density at radius 1 is 1.44 bits per heavy atom. The summed E-state index contributed by atoms with van der Waals surface area (Å²) in [5.74, 6) is -0.709. The Morgan fingerprint density at radius 3 is 2.31 bits per heavy atom. The summed E-state index contributed by atoms with van der Waals surface area (Å²) in [7, 11) is 0. The van der Waals surface area contributed by atoms with Crippen molar-refractivity contribution < 1.29 is 9.59 Å². The van der Waals surface area contributed by atoms with E-state index < -0.39 is 5.41 Å². The Labute approximate surface area is 100 Å². The zero-order valence-corrected chi connectivity index (χ0v) is 10.3. The summed E-state index contributed by atoms with van der Waals surface area (Å²) in [5.41, 5.74) is -1.07. The minimum atomic E-state index is -1.07. The van der Waals surface area contributed by atoms with Crippen molar-refractivity contribution >= 4 is 29.1 Å². The van der Waals surface area contributed by atoms with Gasteiger partial charge in [0.05, 0.1) is 0 Å². The van der Waals surface area contributed by atoms with E-state index in [0.717, 1.165) is 6.42 Å². The average molecular weight is 240 g/mol. The predicted molar refractivity (Wildman–Crippen MR) is 65.6 cm³/mol. The molecule has 1 rings (SSSR count). The molecule has 5 heteroatoms. The molecule has 1 aliphatic heterocycles. The molecule has 1 heterocycles. The zero-order chi connectivity index (χ0) is 12.3. The summed E-state index contributed by atoms with van der Waals surface area (Å²) in [5, 5.41) is 5.11. The molecule has 1 saturated heterocycles. The van der Waals surface area contributed by atoms with Crippen LogP contribution < -0.4 is 10.6 Å². The first kappa shape index (κ1) is 12.8. The van der Waals surface area contributed by atoms with Crippen molar-refractivity contribution in [2.24, 2.45) is 11.3 Å². The lowest BCUT2D eigenvalue weighted by Gasteiger charge is -2.38. The molecule has 16 heavy (non-hydrogen) atoms. The van der Waals surface area contributed by atoms with Gasteiger partial charge in [-0.3, -0.25) is 9.59 Å². The normalized spacial score (nSPS) is 21.0. The Bertz CT molecular complexity index is 332. The maximum Gasteiger partial charge on any atom is 0.242 e. The van der Waals surface area contributed by atoms with Crippen LogP contribution in [0.3, 0.4) is 0 Å². The van der Waals surface area contributed by atoms with Crippen LogP contribution in [0.25, 0.3) is 0 Å². The van der Waals surface area contributed by atoms with Crippen molar-refractivity contribution in [1.29, 1.82) is 0 Å². The van der Waals surface area contributed by atoms with Crippen molar-refractivity contribution in [2.75, 3.05) is 0 Å². The number of amides is 2. The fourth-order valence-corrected chi connectivity index (χ4v) is 2.16. The molecule has 1 unspecified atom stereocenters. The van der Waals surface area contributed by atoms with Gasteiger partial charge in [0.25, 0.3) is 0 Å². The number of hydrogen-bond acceptors (Lipinski definition) is 3. The van der Waals surface area contributed by atoms with E-state index in [1.54, 1.807) is 6.08 Å². The summed E-state index contributed by atoms with van der Waals surface area (Å²) in [6, 6.07) is 0. The molecular formula is C11H16N2O2S. The highest BCUT2D eigenvalue weighted by Gasteiger charge is 2.51. The van der Waals surface area contributed by atoms with Gasteiger partial charge in [-0.05, 0) is 24.6 Å². The van der Waals surface area contributed by atoms with Gasteiger partial charge in [0.1, 0.15) is 5.41 Å². The van der Waals surface area contributed by atoms with Crippen molar-refractivity contribution in [3.63, 3.8) is 0 Å². The number of carbonyl (C=O) groups is 2. The molecule has 0 spiro atoms. The summed E-state index contributed by atoms with van der Waals surface area (Å²) < 4.78 is 0. The molecule has 1 atom stereocenters. The number of rotatable bonds is 4. The zero-order valence-electron chi connectivity index (χ0n) is 9.50. The molecule has 1 fully saturated rings. The third-order valence-corrected chi connectivity index (χ3v) is 3.39. The summed E-state index contributed by atoms with van der Waals surface area (Å²) in [4.78, 5) is 24.0. The fourth-order valence-electron chi connectivity index (χ4n) is 1.97. The van der Waals surface area contributed by atoms with Crippen molar-refractivity contribution in [1.82, 2.24) is 10.6 Å². The van der Waals surface area contributed by atoms with E-state index in [2.05, 4.69) is 17.2 Å². The van der Waals surface area contributed by atoms with E-state index in [-0.39, 0.29) is 22.8 Å². The van der Waals surface area contributed by atoms with Gasteiger partial charge >= 0.3 is 0 Å². The van der Waals surface area contributed by atoms with Gasteiger partial charge in [0.15, 0.2) is 5.11 Å². The largest absolute Gasteiger partial charge is 0.302 e. The first-order valence-electron chi connectivity index (χ1n) is 5.26. The number of nitrogens with one attached hydrogen (secondary N) is 2. The van der Waals surface area contributed by atoms with E-state index in [1.165, 1.54) is 0 Å². The van der Waals surface area contributed by atoms with Gasteiger partial charge in [-0.2, -0.15) is 0 Å². The Morgan fingerprint density at radius 2 is 1.94 bits per heavy atom. The van der Waals surface area contributed by atoms with Crippen LogP contribution in [0.1, 0.15) is 26.7 Å². The van der Waals surface area contributed by atoms with Gasteiger partial charge in [0.2, 0.25) is 11.8 Å². The summed E-state index contributed by atoms with van der Waals surface area (Å²) >= 11 is 4.78. The van der Waals surface area contributed by atoms with Crippen molar-refractivity contribution in [2.45, 2.75) is 26.7 Å². The molecule has 0 bridgehead atoms. The van der Waals surface area contributed by atoms with E-state index in [1.807, 2.05) is 13.8 Å². The third kappa shape index (κ3) is 1.87. The Hall–Kier alpha value is -1.23. The monoisotopic (exact) mass is 240 g/mol. The molecule has 0 aromatic heterocycles. The lowest BCUT2D eigenvalue weighted by atomic mass is 9.70. The lowest BCUT2D eigenvalue weighted by molar-refractivity contribution is -0.147.